The number of carbonyl (C=O) groups is 5. The van der Waals surface area contributed by atoms with E-state index in [4.69, 9.17) is 18.9 Å². The second kappa shape index (κ2) is 16.9. The number of ether oxygens (including phenoxy) is 4. The highest BCUT2D eigenvalue weighted by Gasteiger charge is 2.31. The molecule has 0 aliphatic carbocycles. The zero-order valence-corrected chi connectivity index (χ0v) is 28.1. The Balaban J connectivity index is 2.89. The first-order valence-corrected chi connectivity index (χ1v) is 14.8. The first-order valence-electron chi connectivity index (χ1n) is 14.8. The molecule has 3 amide bonds. The van der Waals surface area contributed by atoms with Crippen LogP contribution in [0.25, 0.3) is 0 Å². The van der Waals surface area contributed by atoms with Gasteiger partial charge in [-0.3, -0.25) is 9.59 Å². The monoisotopic (exact) mass is 640 g/mol. The molecular formula is C31H49FN4O9. The summed E-state index contributed by atoms with van der Waals surface area (Å²) in [7, 11) is 1.27. The number of carbonyl (C=O) groups excluding carboxylic acids is 5. The van der Waals surface area contributed by atoms with Crippen LogP contribution in [-0.4, -0.2) is 77.4 Å². The Hall–Kier alpha value is -3.97. The van der Waals surface area contributed by atoms with Crippen LogP contribution in [0.5, 0.6) is 5.88 Å². The number of rotatable bonds is 14. The van der Waals surface area contributed by atoms with Crippen molar-refractivity contribution in [1.29, 1.82) is 0 Å². The smallest absolute Gasteiger partial charge is 0.329 e. The van der Waals surface area contributed by atoms with Gasteiger partial charge < -0.3 is 34.9 Å². The van der Waals surface area contributed by atoms with Crippen molar-refractivity contribution in [3.63, 3.8) is 0 Å². The zero-order chi connectivity index (χ0) is 34.6. The lowest BCUT2D eigenvalue weighted by Crippen LogP contribution is -2.53. The lowest BCUT2D eigenvalue weighted by Gasteiger charge is -2.27. The van der Waals surface area contributed by atoms with E-state index in [9.17, 15) is 28.4 Å². The number of aromatic nitrogens is 1. The topological polar surface area (TPSA) is 171 Å². The van der Waals surface area contributed by atoms with Gasteiger partial charge in [-0.2, -0.15) is 9.37 Å². The van der Waals surface area contributed by atoms with Gasteiger partial charge in [0.2, 0.25) is 11.8 Å². The number of methoxy groups -OCH3 is 1. The van der Waals surface area contributed by atoms with Crippen molar-refractivity contribution in [2.45, 2.75) is 123 Å². The molecule has 1 rings (SSSR count). The first kappa shape index (κ1) is 39.1. The number of hydrogen-bond donors (Lipinski definition) is 3. The maximum Gasteiger partial charge on any atom is 0.329 e. The van der Waals surface area contributed by atoms with Crippen LogP contribution >= 0.6 is 0 Å². The molecule has 3 N–H and O–H groups in total. The van der Waals surface area contributed by atoms with Gasteiger partial charge in [0, 0.05) is 13.0 Å². The Morgan fingerprint density at radius 1 is 0.778 bits per heavy atom. The van der Waals surface area contributed by atoms with Crippen LogP contribution < -0.4 is 20.7 Å². The molecule has 254 valence electrons. The summed E-state index contributed by atoms with van der Waals surface area (Å²) in [5.74, 6) is -3.44. The number of unbranched alkanes of at least 4 members (excludes halogenated alkanes) is 1. The van der Waals surface area contributed by atoms with Crippen LogP contribution in [0, 0.1) is 5.95 Å². The van der Waals surface area contributed by atoms with Crippen molar-refractivity contribution >= 4 is 29.8 Å². The van der Waals surface area contributed by atoms with E-state index in [0.717, 1.165) is 6.07 Å². The molecule has 0 saturated carbocycles. The molecule has 45 heavy (non-hydrogen) atoms. The highest BCUT2D eigenvalue weighted by molar-refractivity contribution is 5.96. The Kier molecular flexibility index (Phi) is 14.7. The van der Waals surface area contributed by atoms with Crippen LogP contribution in [0.2, 0.25) is 0 Å². The SMILES string of the molecule is COc1nc(F)ccc1C(=O)NCCCC[C@H](NC(=O)N[C@@H](CCC(=O)OC(C)(C)C)C(=O)OC(C)(C)C)C(=O)OC(C)(C)C. The normalized spacial score (nSPS) is 13.1. The number of halogens is 1. The van der Waals surface area contributed by atoms with E-state index in [-0.39, 0.29) is 37.3 Å². The van der Waals surface area contributed by atoms with Gasteiger partial charge >= 0.3 is 23.9 Å². The van der Waals surface area contributed by atoms with Gasteiger partial charge in [-0.15, -0.1) is 0 Å². The molecule has 0 unspecified atom stereocenters. The molecule has 0 spiro atoms. The van der Waals surface area contributed by atoms with E-state index in [1.165, 1.54) is 13.2 Å². The summed E-state index contributed by atoms with van der Waals surface area (Å²) in [5.41, 5.74) is -2.35. The summed E-state index contributed by atoms with van der Waals surface area (Å²) in [4.78, 5) is 67.2. The van der Waals surface area contributed by atoms with Gasteiger partial charge in [-0.1, -0.05) is 0 Å². The van der Waals surface area contributed by atoms with E-state index in [1.54, 1.807) is 62.3 Å². The lowest BCUT2D eigenvalue weighted by atomic mass is 10.1. The molecule has 0 aromatic carbocycles. The quantitative estimate of drug-likeness (QED) is 0.117. The van der Waals surface area contributed by atoms with E-state index in [1.807, 2.05) is 0 Å². The highest BCUT2D eigenvalue weighted by Crippen LogP contribution is 2.17. The van der Waals surface area contributed by atoms with Crippen molar-refractivity contribution < 1.29 is 47.3 Å². The third kappa shape index (κ3) is 16.6. The number of nitrogens with one attached hydrogen (secondary N) is 3. The van der Waals surface area contributed by atoms with Crippen LogP contribution in [0.4, 0.5) is 9.18 Å². The average Bonchev–Trinajstić information content (AvgIpc) is 2.86. The number of nitrogens with zero attached hydrogens (tertiary/aromatic N) is 1. The van der Waals surface area contributed by atoms with Crippen LogP contribution in [0.1, 0.15) is 105 Å². The standard InChI is InChI=1S/C31H49FN4O9/c1-29(2,3)43-23(37)17-15-21(27(40)45-31(7,8)9)35-28(41)34-20(26(39)44-30(4,5)6)13-11-12-18-33-24(38)19-14-16-22(32)36-25(19)42-10/h14,16,20-21H,11-13,15,17-18H2,1-10H3,(H,33,38)(H2,34,35,41)/t20-,21-/m0/s1. The molecule has 0 radical (unpaired) electrons. The minimum atomic E-state index is -1.20. The third-order valence-electron chi connectivity index (χ3n) is 5.52. The first-order chi connectivity index (χ1) is 20.6. The van der Waals surface area contributed by atoms with Crippen LogP contribution in [-0.2, 0) is 28.6 Å². The number of esters is 3. The Morgan fingerprint density at radius 2 is 1.29 bits per heavy atom. The van der Waals surface area contributed by atoms with Gasteiger partial charge in [0.15, 0.2) is 0 Å². The minimum absolute atomic E-state index is 0.0649. The van der Waals surface area contributed by atoms with Crippen molar-refractivity contribution in [3.05, 3.63) is 23.6 Å². The molecule has 0 saturated heterocycles. The summed E-state index contributed by atoms with van der Waals surface area (Å²) in [6, 6.07) is -0.828. The zero-order valence-electron chi connectivity index (χ0n) is 28.1. The molecule has 0 aliphatic heterocycles. The van der Waals surface area contributed by atoms with Gasteiger partial charge in [0.1, 0.15) is 34.5 Å². The van der Waals surface area contributed by atoms with E-state index in [0.29, 0.717) is 12.8 Å². The van der Waals surface area contributed by atoms with E-state index < -0.39 is 64.7 Å². The summed E-state index contributed by atoms with van der Waals surface area (Å²) in [6.07, 6.45) is 0.693. The predicted octanol–water partition coefficient (Wildman–Crippen LogP) is 3.97. The van der Waals surface area contributed by atoms with Crippen molar-refractivity contribution in [2.24, 2.45) is 0 Å². The number of pyridine rings is 1. The third-order valence-corrected chi connectivity index (χ3v) is 5.52. The maximum absolute atomic E-state index is 13.3. The molecule has 0 bridgehead atoms. The van der Waals surface area contributed by atoms with Gasteiger partial charge in [0.05, 0.1) is 7.11 Å². The molecule has 14 heteroatoms. The van der Waals surface area contributed by atoms with Gasteiger partial charge in [-0.25, -0.2) is 14.4 Å². The molecule has 0 aliphatic rings. The summed E-state index contributed by atoms with van der Waals surface area (Å²) < 4.78 is 34.5. The second-order valence-electron chi connectivity index (χ2n) is 13.4. The Bertz CT molecular complexity index is 1190. The Morgan fingerprint density at radius 3 is 1.78 bits per heavy atom. The van der Waals surface area contributed by atoms with E-state index in [2.05, 4.69) is 20.9 Å². The van der Waals surface area contributed by atoms with Crippen molar-refractivity contribution in [3.8, 4) is 5.88 Å². The molecule has 1 aromatic rings. The van der Waals surface area contributed by atoms with Crippen molar-refractivity contribution in [1.82, 2.24) is 20.9 Å². The highest BCUT2D eigenvalue weighted by atomic mass is 19.1. The number of urea groups is 1. The summed E-state index contributed by atoms with van der Waals surface area (Å²) >= 11 is 0. The van der Waals surface area contributed by atoms with Crippen LogP contribution in [0.15, 0.2) is 12.1 Å². The van der Waals surface area contributed by atoms with Gasteiger partial charge in [0.25, 0.3) is 5.91 Å². The largest absolute Gasteiger partial charge is 0.480 e. The molecule has 1 aromatic heterocycles. The summed E-state index contributed by atoms with van der Waals surface area (Å²) in [6.45, 7) is 15.4. The fraction of sp³-hybridized carbons (Fsp3) is 0.677. The second-order valence-corrected chi connectivity index (χ2v) is 13.4. The summed E-state index contributed by atoms with van der Waals surface area (Å²) in [5, 5.41) is 7.76. The fourth-order valence-corrected chi connectivity index (χ4v) is 3.77. The molecule has 0 fully saturated rings. The van der Waals surface area contributed by atoms with Crippen molar-refractivity contribution in [2.75, 3.05) is 13.7 Å². The molecule has 13 nitrogen and oxygen atoms in total. The van der Waals surface area contributed by atoms with Gasteiger partial charge in [-0.05, 0) is 100 Å². The van der Waals surface area contributed by atoms with Crippen LogP contribution in [0.3, 0.4) is 0 Å². The minimum Gasteiger partial charge on any atom is -0.480 e. The number of amides is 3. The number of hydrogen-bond acceptors (Lipinski definition) is 10. The molecule has 2 atom stereocenters. The lowest BCUT2D eigenvalue weighted by molar-refractivity contribution is -0.159. The fourth-order valence-electron chi connectivity index (χ4n) is 3.77. The molecule has 1 heterocycles. The predicted molar refractivity (Wildman–Crippen MR) is 163 cm³/mol. The van der Waals surface area contributed by atoms with E-state index >= 15 is 0 Å². The Labute approximate surface area is 264 Å². The molecular weight excluding hydrogens is 591 g/mol. The average molecular weight is 641 g/mol. The maximum atomic E-state index is 13.3.